The van der Waals surface area contributed by atoms with Gasteiger partial charge < -0.3 is 5.32 Å². The van der Waals surface area contributed by atoms with E-state index in [1.54, 1.807) is 12.1 Å². The van der Waals surface area contributed by atoms with Crippen LogP contribution in [0, 0.1) is 0 Å². The van der Waals surface area contributed by atoms with Crippen molar-refractivity contribution in [2.75, 3.05) is 6.54 Å². The molecule has 7 heteroatoms. The molecule has 140 valence electrons. The van der Waals surface area contributed by atoms with Gasteiger partial charge in [-0.05, 0) is 37.1 Å². The van der Waals surface area contributed by atoms with Gasteiger partial charge in [0.1, 0.15) is 0 Å². The van der Waals surface area contributed by atoms with E-state index in [9.17, 15) is 13.2 Å². The first-order valence-corrected chi connectivity index (χ1v) is 9.97. The number of amides is 1. The molecule has 0 aliphatic heterocycles. The van der Waals surface area contributed by atoms with Crippen LogP contribution in [0.1, 0.15) is 25.0 Å². The molecular weight excluding hydrogens is 350 g/mol. The van der Waals surface area contributed by atoms with Gasteiger partial charge in [-0.25, -0.2) is 13.6 Å². The van der Waals surface area contributed by atoms with E-state index in [4.69, 9.17) is 5.14 Å². The van der Waals surface area contributed by atoms with Crippen molar-refractivity contribution in [2.24, 2.45) is 5.14 Å². The third kappa shape index (κ3) is 6.25. The van der Waals surface area contributed by atoms with Crippen molar-refractivity contribution in [3.05, 3.63) is 65.7 Å². The van der Waals surface area contributed by atoms with Crippen molar-refractivity contribution in [3.63, 3.8) is 0 Å². The Hall–Kier alpha value is -2.22. The highest BCUT2D eigenvalue weighted by Crippen LogP contribution is 2.10. The van der Waals surface area contributed by atoms with Crippen molar-refractivity contribution in [3.8, 4) is 0 Å². The van der Waals surface area contributed by atoms with Crippen molar-refractivity contribution >= 4 is 15.9 Å². The number of carbonyl (C=O) groups is 1. The highest BCUT2D eigenvalue weighted by atomic mass is 32.2. The first kappa shape index (κ1) is 20.1. The van der Waals surface area contributed by atoms with Crippen LogP contribution in [0.3, 0.4) is 0 Å². The predicted molar refractivity (Wildman–Crippen MR) is 102 cm³/mol. The largest absolute Gasteiger partial charge is 0.351 e. The summed E-state index contributed by atoms with van der Waals surface area (Å²) in [5.41, 5.74) is 1.97. The lowest BCUT2D eigenvalue weighted by molar-refractivity contribution is -0.123. The Morgan fingerprint density at radius 3 is 2.19 bits per heavy atom. The summed E-state index contributed by atoms with van der Waals surface area (Å²) in [6, 6.07) is 16.4. The first-order valence-electron chi connectivity index (χ1n) is 8.42. The van der Waals surface area contributed by atoms with Gasteiger partial charge in [0.15, 0.2) is 0 Å². The summed E-state index contributed by atoms with van der Waals surface area (Å²) in [4.78, 5) is 14.4. The Morgan fingerprint density at radius 2 is 1.65 bits per heavy atom. The van der Waals surface area contributed by atoms with Crippen LogP contribution < -0.4 is 10.5 Å². The molecule has 2 aromatic rings. The summed E-state index contributed by atoms with van der Waals surface area (Å²) in [7, 11) is -3.70. The third-order valence-electron chi connectivity index (χ3n) is 4.05. The Bertz CT molecular complexity index is 819. The molecule has 3 N–H and O–H groups in total. The number of nitrogens with two attached hydrogens (primary N) is 1. The molecule has 26 heavy (non-hydrogen) atoms. The summed E-state index contributed by atoms with van der Waals surface area (Å²) in [5, 5.41) is 7.94. The predicted octanol–water partition coefficient (Wildman–Crippen LogP) is 1.86. The Kier molecular flexibility index (Phi) is 6.90. The van der Waals surface area contributed by atoms with Gasteiger partial charge in [-0.15, -0.1) is 0 Å². The minimum atomic E-state index is -3.70. The molecule has 0 heterocycles. The van der Waals surface area contributed by atoms with Crippen molar-refractivity contribution in [1.29, 1.82) is 0 Å². The molecule has 0 aliphatic carbocycles. The number of sulfonamides is 1. The summed E-state index contributed by atoms with van der Waals surface area (Å²) in [5.74, 6) is -0.0786. The zero-order chi connectivity index (χ0) is 19.2. The lowest BCUT2D eigenvalue weighted by Gasteiger charge is -2.26. The molecule has 0 aromatic heterocycles. The van der Waals surface area contributed by atoms with Crippen molar-refractivity contribution in [2.45, 2.75) is 37.9 Å². The second-order valence-electron chi connectivity index (χ2n) is 6.45. The minimum absolute atomic E-state index is 0.0569. The van der Waals surface area contributed by atoms with E-state index in [0.717, 1.165) is 11.1 Å². The maximum atomic E-state index is 12.3. The summed E-state index contributed by atoms with van der Waals surface area (Å²) in [6.45, 7) is 5.45. The van der Waals surface area contributed by atoms with Gasteiger partial charge in [0.05, 0.1) is 11.4 Å². The van der Waals surface area contributed by atoms with Gasteiger partial charge in [0.25, 0.3) is 0 Å². The molecule has 0 radical (unpaired) electrons. The second kappa shape index (κ2) is 8.93. The van der Waals surface area contributed by atoms with Gasteiger partial charge in [0, 0.05) is 19.1 Å². The van der Waals surface area contributed by atoms with Crippen LogP contribution >= 0.6 is 0 Å². The van der Waals surface area contributed by atoms with Crippen molar-refractivity contribution < 1.29 is 13.2 Å². The summed E-state index contributed by atoms with van der Waals surface area (Å²) in [6.07, 6.45) is 0. The average molecular weight is 375 g/mol. The Balaban J connectivity index is 1.90. The van der Waals surface area contributed by atoms with Crippen LogP contribution in [0.4, 0.5) is 0 Å². The van der Waals surface area contributed by atoms with E-state index in [1.165, 1.54) is 12.1 Å². The number of primary sulfonamides is 1. The molecule has 0 fully saturated rings. The third-order valence-corrected chi connectivity index (χ3v) is 4.98. The normalized spacial score (nSPS) is 11.7. The van der Waals surface area contributed by atoms with Crippen LogP contribution in [0.5, 0.6) is 0 Å². The molecule has 2 aromatic carbocycles. The van der Waals surface area contributed by atoms with E-state index in [2.05, 4.69) is 24.1 Å². The molecule has 6 nitrogen and oxygen atoms in total. The molecule has 0 aliphatic rings. The zero-order valence-electron chi connectivity index (χ0n) is 15.1. The fourth-order valence-electron chi connectivity index (χ4n) is 2.48. The maximum absolute atomic E-state index is 12.3. The quantitative estimate of drug-likeness (QED) is 0.737. The van der Waals surface area contributed by atoms with E-state index < -0.39 is 10.0 Å². The van der Waals surface area contributed by atoms with Gasteiger partial charge in [-0.2, -0.15) is 0 Å². The number of hydrogen-bond donors (Lipinski definition) is 2. The van der Waals surface area contributed by atoms with Crippen LogP contribution in [-0.2, 0) is 27.9 Å². The SMILES string of the molecule is CC(C)N(CC(=O)NCc1ccc(S(N)(=O)=O)cc1)Cc1ccccc1. The number of hydrogen-bond acceptors (Lipinski definition) is 4. The highest BCUT2D eigenvalue weighted by molar-refractivity contribution is 7.89. The number of nitrogens with zero attached hydrogens (tertiary/aromatic N) is 1. The van der Waals surface area contributed by atoms with Gasteiger partial charge in [-0.1, -0.05) is 42.5 Å². The Labute approximate surface area is 155 Å². The molecular formula is C19H25N3O3S. The van der Waals surface area contributed by atoms with E-state index in [-0.39, 0.29) is 16.8 Å². The van der Waals surface area contributed by atoms with Crippen LogP contribution in [0.15, 0.2) is 59.5 Å². The van der Waals surface area contributed by atoms with Gasteiger partial charge in [0.2, 0.25) is 15.9 Å². The zero-order valence-corrected chi connectivity index (χ0v) is 15.9. The fraction of sp³-hybridized carbons (Fsp3) is 0.316. The maximum Gasteiger partial charge on any atom is 0.238 e. The van der Waals surface area contributed by atoms with E-state index >= 15 is 0 Å². The monoisotopic (exact) mass is 375 g/mol. The highest BCUT2D eigenvalue weighted by Gasteiger charge is 2.14. The summed E-state index contributed by atoms with van der Waals surface area (Å²) < 4.78 is 22.5. The molecule has 2 rings (SSSR count). The van der Waals surface area contributed by atoms with E-state index in [0.29, 0.717) is 19.6 Å². The molecule has 0 unspecified atom stereocenters. The smallest absolute Gasteiger partial charge is 0.238 e. The average Bonchev–Trinajstić information content (AvgIpc) is 2.60. The van der Waals surface area contributed by atoms with E-state index in [1.807, 2.05) is 30.3 Å². The molecule has 0 saturated heterocycles. The van der Waals surface area contributed by atoms with Crippen LogP contribution in [0.2, 0.25) is 0 Å². The molecule has 0 spiro atoms. The van der Waals surface area contributed by atoms with Gasteiger partial charge >= 0.3 is 0 Å². The number of nitrogens with one attached hydrogen (secondary N) is 1. The fourth-order valence-corrected chi connectivity index (χ4v) is 2.99. The lowest BCUT2D eigenvalue weighted by Crippen LogP contribution is -2.40. The molecule has 0 bridgehead atoms. The molecule has 0 saturated carbocycles. The second-order valence-corrected chi connectivity index (χ2v) is 8.01. The van der Waals surface area contributed by atoms with Crippen LogP contribution in [-0.4, -0.2) is 31.8 Å². The lowest BCUT2D eigenvalue weighted by atomic mass is 10.2. The topological polar surface area (TPSA) is 92.5 Å². The standard InChI is InChI=1S/C19H25N3O3S/c1-15(2)22(13-17-6-4-3-5-7-17)14-19(23)21-12-16-8-10-18(11-9-16)26(20,24)25/h3-11,15H,12-14H2,1-2H3,(H,21,23)(H2,20,24,25). The van der Waals surface area contributed by atoms with Crippen molar-refractivity contribution in [1.82, 2.24) is 10.2 Å². The number of benzene rings is 2. The first-order chi connectivity index (χ1) is 12.3. The minimum Gasteiger partial charge on any atom is -0.351 e. The summed E-state index contributed by atoms with van der Waals surface area (Å²) >= 11 is 0. The van der Waals surface area contributed by atoms with Crippen LogP contribution in [0.25, 0.3) is 0 Å². The van der Waals surface area contributed by atoms with Gasteiger partial charge in [-0.3, -0.25) is 9.69 Å². The molecule has 0 atom stereocenters. The number of rotatable bonds is 8. The Morgan fingerprint density at radius 1 is 1.04 bits per heavy atom. The number of carbonyl (C=O) groups excluding carboxylic acids is 1. The molecule has 1 amide bonds.